The number of rotatable bonds is 7. The highest BCUT2D eigenvalue weighted by Gasteiger charge is 2.50. The van der Waals surface area contributed by atoms with Gasteiger partial charge in [0.05, 0.1) is 0 Å². The lowest BCUT2D eigenvalue weighted by atomic mass is 9.96. The summed E-state index contributed by atoms with van der Waals surface area (Å²) in [7, 11) is 0. The molecule has 1 aliphatic heterocycles. The minimum atomic E-state index is -1.26. The smallest absolute Gasteiger partial charge is 0.303 e. The summed E-state index contributed by atoms with van der Waals surface area (Å²) in [4.78, 5) is 48.0. The molecule has 1 rings (SSSR count). The number of hydrogen-bond acceptors (Lipinski definition) is 10. The normalized spacial score (nSPS) is 26.9. The first kappa shape index (κ1) is 22.2. The van der Waals surface area contributed by atoms with Crippen molar-refractivity contribution in [2.45, 2.75) is 58.3 Å². The highest BCUT2D eigenvalue weighted by molar-refractivity contribution is 5.72. The Kier molecular flexibility index (Phi) is 8.45. The van der Waals surface area contributed by atoms with Crippen molar-refractivity contribution >= 4 is 23.8 Å². The van der Waals surface area contributed by atoms with Crippen LogP contribution in [0.15, 0.2) is 5.11 Å². The number of hydrogen-bond donors (Lipinski definition) is 2. The number of carbonyl (C=O) groups excluding carboxylic acids is 4. The Morgan fingerprint density at radius 3 is 2.11 bits per heavy atom. The first-order chi connectivity index (χ1) is 12.6. The third-order valence-corrected chi connectivity index (χ3v) is 3.29. The lowest BCUT2D eigenvalue weighted by molar-refractivity contribution is -0.225. The molecule has 0 aliphatic carbocycles. The van der Waals surface area contributed by atoms with Crippen molar-refractivity contribution in [3.63, 3.8) is 0 Å². The number of nitrogens with one attached hydrogen (secondary N) is 2. The maximum absolute atomic E-state index is 11.5. The van der Waals surface area contributed by atoms with Crippen molar-refractivity contribution in [3.05, 3.63) is 10.4 Å². The summed E-state index contributed by atoms with van der Waals surface area (Å²) >= 11 is 0. The van der Waals surface area contributed by atoms with Gasteiger partial charge in [-0.15, -0.1) is 0 Å². The molecule has 0 aromatic heterocycles. The Morgan fingerprint density at radius 2 is 1.63 bits per heavy atom. The van der Waals surface area contributed by atoms with E-state index in [1.807, 2.05) is 0 Å². The molecule has 0 bridgehead atoms. The van der Waals surface area contributed by atoms with E-state index in [4.69, 9.17) is 24.5 Å². The highest BCUT2D eigenvalue weighted by atomic mass is 16.6. The predicted molar refractivity (Wildman–Crippen MR) is 86.3 cm³/mol. The fourth-order valence-corrected chi connectivity index (χ4v) is 2.40. The molecule has 1 fully saturated rings. The van der Waals surface area contributed by atoms with Crippen molar-refractivity contribution in [2.24, 2.45) is 5.11 Å². The van der Waals surface area contributed by atoms with E-state index in [1.54, 1.807) is 0 Å². The highest BCUT2D eigenvalue weighted by Crippen LogP contribution is 2.28. The van der Waals surface area contributed by atoms with Crippen LogP contribution in [0.2, 0.25) is 0 Å². The zero-order chi connectivity index (χ0) is 20.6. The Bertz CT molecular complexity index is 635. The maximum Gasteiger partial charge on any atom is 0.303 e. The molecule has 0 spiro atoms. The molecule has 1 amide bonds. The Hall–Kier alpha value is -2.89. The van der Waals surface area contributed by atoms with Crippen LogP contribution in [0, 0.1) is 0 Å². The number of ether oxygens (including phenoxy) is 4. The van der Waals surface area contributed by atoms with E-state index in [0.717, 1.165) is 13.8 Å². The number of nitrogens with zero attached hydrogens (tertiary/aromatic N) is 3. The zero-order valence-electron chi connectivity index (χ0n) is 15.2. The van der Waals surface area contributed by atoms with E-state index in [-0.39, 0.29) is 6.61 Å². The zero-order valence-corrected chi connectivity index (χ0v) is 15.2. The summed E-state index contributed by atoms with van der Waals surface area (Å²) in [6.07, 6.45) is -4.72. The second-order valence-corrected chi connectivity index (χ2v) is 5.57. The van der Waals surface area contributed by atoms with Gasteiger partial charge >= 0.3 is 17.9 Å². The molecular formula is C14H21N5O8. The van der Waals surface area contributed by atoms with Crippen molar-refractivity contribution in [1.29, 1.82) is 0 Å². The Balaban J connectivity index is 3.24. The van der Waals surface area contributed by atoms with Crippen LogP contribution < -0.4 is 10.9 Å². The summed E-state index contributed by atoms with van der Waals surface area (Å²) in [5.41, 5.74) is 13.6. The van der Waals surface area contributed by atoms with E-state index in [2.05, 4.69) is 20.9 Å². The monoisotopic (exact) mass is 387 g/mol. The number of amides is 1. The number of hydrazine groups is 1. The van der Waals surface area contributed by atoms with Crippen molar-refractivity contribution in [1.82, 2.24) is 10.9 Å². The molecule has 0 saturated carbocycles. The van der Waals surface area contributed by atoms with E-state index < -0.39 is 54.4 Å². The molecule has 2 N–H and O–H groups in total. The summed E-state index contributed by atoms with van der Waals surface area (Å²) < 4.78 is 20.9. The molecular weight excluding hydrogens is 366 g/mol. The molecule has 13 nitrogen and oxygen atoms in total. The number of azide groups is 1. The van der Waals surface area contributed by atoms with Crippen molar-refractivity contribution in [2.75, 3.05) is 6.61 Å². The van der Waals surface area contributed by atoms with Gasteiger partial charge in [0.25, 0.3) is 0 Å². The molecule has 13 heteroatoms. The Labute approximate surface area is 154 Å². The van der Waals surface area contributed by atoms with E-state index in [1.165, 1.54) is 13.8 Å². The summed E-state index contributed by atoms with van der Waals surface area (Å²) in [6.45, 7) is 4.29. The maximum atomic E-state index is 11.5. The molecule has 1 heterocycles. The van der Waals surface area contributed by atoms with Crippen molar-refractivity contribution in [3.8, 4) is 0 Å². The number of carbonyl (C=O) groups is 4. The van der Waals surface area contributed by atoms with Crippen LogP contribution in [0.1, 0.15) is 27.7 Å². The molecule has 0 aromatic carbocycles. The lowest BCUT2D eigenvalue weighted by Gasteiger charge is -2.43. The molecule has 27 heavy (non-hydrogen) atoms. The fourth-order valence-electron chi connectivity index (χ4n) is 2.40. The molecule has 0 aromatic rings. The minimum absolute atomic E-state index is 0.341. The molecule has 150 valence electrons. The van der Waals surface area contributed by atoms with Gasteiger partial charge in [0.1, 0.15) is 25.0 Å². The summed E-state index contributed by atoms with van der Waals surface area (Å²) in [6, 6.07) is -1.20. The van der Waals surface area contributed by atoms with Gasteiger partial charge in [0, 0.05) is 32.6 Å². The Morgan fingerprint density at radius 1 is 1.04 bits per heavy atom. The van der Waals surface area contributed by atoms with Crippen LogP contribution in [-0.2, 0) is 38.1 Å². The van der Waals surface area contributed by atoms with Crippen LogP contribution in [0.5, 0.6) is 0 Å². The van der Waals surface area contributed by atoms with Crippen LogP contribution in [0.4, 0.5) is 0 Å². The SMILES string of the molecule is CC(=O)NNC1O[C@H](COC(C)=O)[C@H](OC(C)=O)[C@H](OC(C)=O)[C@H]1N=[N+]=[N-]. The van der Waals surface area contributed by atoms with Crippen molar-refractivity contribution < 1.29 is 38.1 Å². The van der Waals surface area contributed by atoms with E-state index in [9.17, 15) is 19.2 Å². The average molecular weight is 387 g/mol. The fraction of sp³-hybridized carbons (Fsp3) is 0.714. The summed E-state index contributed by atoms with van der Waals surface area (Å²) in [5, 5.41) is 3.53. The van der Waals surface area contributed by atoms with Gasteiger partial charge in [-0.1, -0.05) is 5.11 Å². The number of esters is 3. The first-order valence-electron chi connectivity index (χ1n) is 7.85. The van der Waals surface area contributed by atoms with E-state index >= 15 is 0 Å². The second-order valence-electron chi connectivity index (χ2n) is 5.57. The van der Waals surface area contributed by atoms with Crippen LogP contribution in [-0.4, -0.2) is 61.0 Å². The minimum Gasteiger partial charge on any atom is -0.463 e. The topological polar surface area (TPSA) is 178 Å². The third-order valence-electron chi connectivity index (χ3n) is 3.29. The van der Waals surface area contributed by atoms with Crippen LogP contribution in [0.25, 0.3) is 10.4 Å². The molecule has 1 aliphatic rings. The second kappa shape index (κ2) is 10.3. The largest absolute Gasteiger partial charge is 0.463 e. The molecule has 0 radical (unpaired) electrons. The average Bonchev–Trinajstić information content (AvgIpc) is 2.54. The standard InChI is InChI=1S/C14H21N5O8/c1-6(20)16-18-14-11(17-19-15)13(26-9(4)23)12(25-8(3)22)10(27-14)5-24-7(2)21/h10-14,18H,5H2,1-4H3,(H,16,20)/t10-,11-,12+,13-,14?/m1/s1. The molecule has 1 unspecified atom stereocenters. The predicted octanol–water partition coefficient (Wildman–Crippen LogP) is -0.543. The van der Waals surface area contributed by atoms with Gasteiger partial charge in [-0.05, 0) is 5.53 Å². The van der Waals surface area contributed by atoms with Crippen LogP contribution in [0.3, 0.4) is 0 Å². The van der Waals surface area contributed by atoms with Gasteiger partial charge < -0.3 is 18.9 Å². The molecule has 1 saturated heterocycles. The lowest BCUT2D eigenvalue weighted by Crippen LogP contribution is -2.65. The van der Waals surface area contributed by atoms with Gasteiger partial charge in [-0.2, -0.15) is 0 Å². The van der Waals surface area contributed by atoms with E-state index in [0.29, 0.717) is 0 Å². The van der Waals surface area contributed by atoms with Crippen LogP contribution >= 0.6 is 0 Å². The summed E-state index contributed by atoms with van der Waals surface area (Å²) in [5.74, 6) is -2.54. The van der Waals surface area contributed by atoms with Gasteiger partial charge in [0.15, 0.2) is 12.2 Å². The molecule has 5 atom stereocenters. The van der Waals surface area contributed by atoms with Gasteiger partial charge in [0.2, 0.25) is 5.91 Å². The first-order valence-corrected chi connectivity index (χ1v) is 7.85. The van der Waals surface area contributed by atoms with Gasteiger partial charge in [-0.3, -0.25) is 24.6 Å². The van der Waals surface area contributed by atoms with Gasteiger partial charge in [-0.25, -0.2) is 5.43 Å². The quantitative estimate of drug-likeness (QED) is 0.145. The third kappa shape index (κ3) is 7.09.